The number of nitrogens with two attached hydrogens (primary N) is 1. The fourth-order valence-electron chi connectivity index (χ4n) is 0.243. The zero-order chi connectivity index (χ0) is 4.57. The third-order valence-electron chi connectivity index (χ3n) is 0.703. The van der Waals surface area contributed by atoms with Crippen molar-refractivity contribution < 1.29 is 0 Å². The van der Waals surface area contributed by atoms with Crippen LogP contribution in [0.25, 0.3) is 0 Å². The molecular formula is C2H6BrN3. The lowest BCUT2D eigenvalue weighted by molar-refractivity contribution is 0.284. The summed E-state index contributed by atoms with van der Waals surface area (Å²) < 4.78 is 0. The van der Waals surface area contributed by atoms with Crippen LogP contribution in [0, 0.1) is 0 Å². The van der Waals surface area contributed by atoms with Gasteiger partial charge < -0.3 is 5.73 Å². The summed E-state index contributed by atoms with van der Waals surface area (Å²) in [6.45, 7) is 0. The zero-order valence-electron chi connectivity index (χ0n) is 3.11. The monoisotopic (exact) mass is 151 g/mol. The molecule has 0 amide bonds. The Labute approximate surface area is 44.4 Å². The third kappa shape index (κ3) is 0.562. The van der Waals surface area contributed by atoms with Crippen molar-refractivity contribution in [3.05, 3.63) is 0 Å². The van der Waals surface area contributed by atoms with E-state index < -0.39 is 0 Å². The maximum absolute atomic E-state index is 5.30. The second kappa shape index (κ2) is 1.46. The summed E-state index contributed by atoms with van der Waals surface area (Å²) in [5, 5.41) is 0. The van der Waals surface area contributed by atoms with E-state index in [1.165, 1.54) is 0 Å². The normalized spacial score (nSPS) is 45.0. The summed E-state index contributed by atoms with van der Waals surface area (Å²) in [6.07, 6.45) is 0.0880. The van der Waals surface area contributed by atoms with E-state index >= 15 is 0 Å². The smallest absolute Gasteiger partial charge is 0.106 e. The molecule has 1 unspecified atom stereocenters. The number of alkyl halides is 1. The van der Waals surface area contributed by atoms with Crippen LogP contribution < -0.4 is 16.6 Å². The van der Waals surface area contributed by atoms with Crippen molar-refractivity contribution in [2.45, 2.75) is 11.1 Å². The van der Waals surface area contributed by atoms with Gasteiger partial charge in [0.1, 0.15) is 4.95 Å². The Morgan fingerprint density at radius 2 is 2.00 bits per heavy atom. The van der Waals surface area contributed by atoms with Gasteiger partial charge in [-0.2, -0.15) is 0 Å². The van der Waals surface area contributed by atoms with Crippen LogP contribution in [0.1, 0.15) is 0 Å². The molecule has 0 aliphatic carbocycles. The average molecular weight is 152 g/mol. The van der Waals surface area contributed by atoms with Gasteiger partial charge in [-0.05, 0) is 0 Å². The Hall–Kier alpha value is 0.360. The fraction of sp³-hybridized carbons (Fsp3) is 1.00. The highest BCUT2D eigenvalue weighted by atomic mass is 79.9. The standard InChI is InChI=1S/C2H6BrN3/c3-1-2(4)6-5-1/h1-2,5-6H,4H2/t1?,2-/m1/s1. The minimum absolute atomic E-state index is 0.0880. The van der Waals surface area contributed by atoms with Gasteiger partial charge in [0.05, 0.1) is 6.17 Å². The number of nitrogens with one attached hydrogen (secondary N) is 2. The summed E-state index contributed by atoms with van der Waals surface area (Å²) in [6, 6.07) is 0. The van der Waals surface area contributed by atoms with Gasteiger partial charge in [0.15, 0.2) is 0 Å². The number of hydrazine groups is 1. The van der Waals surface area contributed by atoms with Crippen molar-refractivity contribution in [3.8, 4) is 0 Å². The molecule has 0 saturated carbocycles. The molecule has 36 valence electrons. The van der Waals surface area contributed by atoms with Gasteiger partial charge >= 0.3 is 0 Å². The van der Waals surface area contributed by atoms with Crippen LogP contribution in [-0.2, 0) is 0 Å². The van der Waals surface area contributed by atoms with E-state index in [0.29, 0.717) is 0 Å². The SMILES string of the molecule is N[C@@H]1NNC1Br. The van der Waals surface area contributed by atoms with Gasteiger partial charge in [0.25, 0.3) is 0 Å². The molecule has 6 heavy (non-hydrogen) atoms. The third-order valence-corrected chi connectivity index (χ3v) is 1.50. The molecule has 4 heteroatoms. The molecular weight excluding hydrogens is 146 g/mol. The van der Waals surface area contributed by atoms with E-state index in [0.717, 1.165) is 0 Å². The quantitative estimate of drug-likeness (QED) is 0.311. The van der Waals surface area contributed by atoms with Crippen molar-refractivity contribution >= 4 is 15.9 Å². The highest BCUT2D eigenvalue weighted by molar-refractivity contribution is 9.09. The molecule has 0 aromatic heterocycles. The van der Waals surface area contributed by atoms with Crippen LogP contribution in [-0.4, -0.2) is 11.1 Å². The number of hydrogen-bond acceptors (Lipinski definition) is 3. The summed E-state index contributed by atoms with van der Waals surface area (Å²) in [4.78, 5) is 0.262. The highest BCUT2D eigenvalue weighted by Gasteiger charge is 2.21. The zero-order valence-corrected chi connectivity index (χ0v) is 4.70. The van der Waals surface area contributed by atoms with E-state index in [2.05, 4.69) is 26.8 Å². The van der Waals surface area contributed by atoms with Gasteiger partial charge in [-0.15, -0.1) is 0 Å². The van der Waals surface area contributed by atoms with E-state index in [1.807, 2.05) is 0 Å². The van der Waals surface area contributed by atoms with E-state index in [9.17, 15) is 0 Å². The van der Waals surface area contributed by atoms with Crippen molar-refractivity contribution in [3.63, 3.8) is 0 Å². The molecule has 3 nitrogen and oxygen atoms in total. The average Bonchev–Trinajstić information content (AvgIpc) is 1.61. The van der Waals surface area contributed by atoms with E-state index in [4.69, 9.17) is 5.73 Å². The summed E-state index contributed by atoms with van der Waals surface area (Å²) in [5.41, 5.74) is 10.8. The minimum atomic E-state index is 0.0880. The van der Waals surface area contributed by atoms with Crippen molar-refractivity contribution in [2.75, 3.05) is 0 Å². The fourth-order valence-corrected chi connectivity index (χ4v) is 0.507. The molecule has 0 aromatic rings. The second-order valence-electron chi connectivity index (χ2n) is 1.22. The summed E-state index contributed by atoms with van der Waals surface area (Å²) in [5.74, 6) is 0. The first kappa shape index (κ1) is 4.52. The first-order chi connectivity index (χ1) is 2.80. The van der Waals surface area contributed by atoms with Crippen molar-refractivity contribution in [2.24, 2.45) is 5.73 Å². The molecule has 0 radical (unpaired) electrons. The largest absolute Gasteiger partial charge is 0.313 e. The molecule has 1 fully saturated rings. The lowest BCUT2D eigenvalue weighted by atomic mass is 10.5. The Kier molecular flexibility index (Phi) is 1.10. The number of hydrogen-bond donors (Lipinski definition) is 3. The maximum atomic E-state index is 5.30. The Bertz CT molecular complexity index is 48.8. The first-order valence-corrected chi connectivity index (χ1v) is 2.63. The number of halogens is 1. The van der Waals surface area contributed by atoms with Crippen molar-refractivity contribution in [1.82, 2.24) is 10.9 Å². The molecule has 1 aliphatic rings. The molecule has 1 saturated heterocycles. The van der Waals surface area contributed by atoms with Crippen LogP contribution in [0.2, 0.25) is 0 Å². The Morgan fingerprint density at radius 3 is 2.00 bits per heavy atom. The number of rotatable bonds is 0. The molecule has 0 bridgehead atoms. The molecule has 0 spiro atoms. The van der Waals surface area contributed by atoms with Crippen molar-refractivity contribution in [1.29, 1.82) is 0 Å². The second-order valence-corrected chi connectivity index (χ2v) is 2.20. The predicted molar refractivity (Wildman–Crippen MR) is 27.0 cm³/mol. The van der Waals surface area contributed by atoms with Crippen LogP contribution >= 0.6 is 15.9 Å². The van der Waals surface area contributed by atoms with Gasteiger partial charge in [-0.3, -0.25) is 0 Å². The molecule has 2 atom stereocenters. The molecule has 4 N–H and O–H groups in total. The first-order valence-electron chi connectivity index (χ1n) is 1.71. The Balaban J connectivity index is 2.20. The van der Waals surface area contributed by atoms with Gasteiger partial charge in [-0.25, -0.2) is 10.9 Å². The van der Waals surface area contributed by atoms with Gasteiger partial charge in [-0.1, -0.05) is 15.9 Å². The van der Waals surface area contributed by atoms with E-state index in [-0.39, 0.29) is 11.1 Å². The lowest BCUT2D eigenvalue weighted by Crippen LogP contribution is -2.68. The van der Waals surface area contributed by atoms with Crippen LogP contribution in [0.4, 0.5) is 0 Å². The molecule has 1 rings (SSSR count). The Morgan fingerprint density at radius 1 is 1.50 bits per heavy atom. The van der Waals surface area contributed by atoms with E-state index in [1.54, 1.807) is 0 Å². The van der Waals surface area contributed by atoms with Gasteiger partial charge in [0, 0.05) is 0 Å². The molecule has 1 heterocycles. The topological polar surface area (TPSA) is 50.1 Å². The maximum Gasteiger partial charge on any atom is 0.106 e. The minimum Gasteiger partial charge on any atom is -0.313 e. The highest BCUT2D eigenvalue weighted by Crippen LogP contribution is 2.01. The van der Waals surface area contributed by atoms with Crippen LogP contribution in [0.3, 0.4) is 0 Å². The summed E-state index contributed by atoms with van der Waals surface area (Å²) >= 11 is 3.23. The summed E-state index contributed by atoms with van der Waals surface area (Å²) in [7, 11) is 0. The molecule has 0 aromatic carbocycles. The lowest BCUT2D eigenvalue weighted by Gasteiger charge is -2.31. The van der Waals surface area contributed by atoms with Crippen LogP contribution in [0.5, 0.6) is 0 Å². The van der Waals surface area contributed by atoms with Crippen LogP contribution in [0.15, 0.2) is 0 Å². The predicted octanol–water partition coefficient (Wildman–Crippen LogP) is -0.900. The molecule has 1 aliphatic heterocycles. The van der Waals surface area contributed by atoms with Gasteiger partial charge in [0.2, 0.25) is 0 Å².